The summed E-state index contributed by atoms with van der Waals surface area (Å²) in [5.74, 6) is 1.41. The van der Waals surface area contributed by atoms with Gasteiger partial charge in [0.25, 0.3) is 0 Å². The van der Waals surface area contributed by atoms with Gasteiger partial charge in [-0.15, -0.1) is 12.4 Å². The van der Waals surface area contributed by atoms with Crippen LogP contribution in [-0.2, 0) is 0 Å². The molecular weight excluding hydrogens is 162 g/mol. The minimum Gasteiger partial charge on any atom is -0.370 e. The van der Waals surface area contributed by atoms with E-state index < -0.39 is 0 Å². The largest absolute Gasteiger partial charge is 0.370 e. The zero-order valence-corrected chi connectivity index (χ0v) is 7.23. The van der Waals surface area contributed by atoms with Gasteiger partial charge < -0.3 is 11.1 Å². The fourth-order valence-electron chi connectivity index (χ4n) is 1.90. The van der Waals surface area contributed by atoms with Crippen LogP contribution in [0.4, 0.5) is 0 Å². The first kappa shape index (κ1) is 8.65. The minimum absolute atomic E-state index is 0. The van der Waals surface area contributed by atoms with Gasteiger partial charge in [-0.2, -0.15) is 0 Å². The van der Waals surface area contributed by atoms with E-state index in [4.69, 9.17) is 5.73 Å². The first-order valence-corrected chi connectivity index (χ1v) is 3.93. The van der Waals surface area contributed by atoms with Gasteiger partial charge in [0.2, 0.25) is 0 Å². The van der Waals surface area contributed by atoms with Gasteiger partial charge >= 0.3 is 0 Å². The van der Waals surface area contributed by atoms with E-state index in [9.17, 15) is 0 Å². The highest BCUT2D eigenvalue weighted by molar-refractivity contribution is 5.85. The Bertz CT molecular complexity index is 169. The maximum atomic E-state index is 5.53. The highest BCUT2D eigenvalue weighted by Gasteiger charge is 2.29. The summed E-state index contributed by atoms with van der Waals surface area (Å²) in [6.07, 6.45) is 3.94. The number of nitrogens with two attached hydrogens (primary N) is 1. The van der Waals surface area contributed by atoms with E-state index in [-0.39, 0.29) is 12.4 Å². The fraction of sp³-hybridized carbons (Fsp3) is 0.857. The molecule has 11 heavy (non-hydrogen) atoms. The molecule has 2 rings (SSSR count). The average Bonchev–Trinajstić information content (AvgIpc) is 2.33. The molecule has 2 atom stereocenters. The second-order valence-electron chi connectivity index (χ2n) is 3.17. The number of rotatable bonds is 0. The summed E-state index contributed by atoms with van der Waals surface area (Å²) >= 11 is 0. The molecule has 0 spiro atoms. The van der Waals surface area contributed by atoms with Crippen LogP contribution in [0.25, 0.3) is 0 Å². The fourth-order valence-corrected chi connectivity index (χ4v) is 1.90. The molecule has 2 aliphatic rings. The molecule has 0 aromatic carbocycles. The minimum atomic E-state index is 0. The van der Waals surface area contributed by atoms with Crippen molar-refractivity contribution in [1.82, 2.24) is 5.32 Å². The topological polar surface area (TPSA) is 50.4 Å². The van der Waals surface area contributed by atoms with E-state index >= 15 is 0 Å². The number of hydrogen-bond donors (Lipinski definition) is 2. The Balaban J connectivity index is 0.000000605. The number of nitrogens with zero attached hydrogens (tertiary/aromatic N) is 1. The normalized spacial score (nSPS) is 34.7. The van der Waals surface area contributed by atoms with Crippen molar-refractivity contribution in [2.45, 2.75) is 25.3 Å². The Hall–Kier alpha value is -0.440. The van der Waals surface area contributed by atoms with Crippen LogP contribution >= 0.6 is 12.4 Å². The van der Waals surface area contributed by atoms with Gasteiger partial charge in [0.05, 0.1) is 0 Å². The third kappa shape index (κ3) is 1.59. The predicted octanol–water partition coefficient (Wildman–Crippen LogP) is 0.495. The first-order valence-electron chi connectivity index (χ1n) is 3.93. The standard InChI is InChI=1S/C7H13N3.ClH/c8-7-9-4-5-2-1-3-6(5)10-7;/h5-6H,1-4H2,(H3,8,9,10);1H. The molecule has 4 heteroatoms. The third-order valence-electron chi connectivity index (χ3n) is 2.49. The van der Waals surface area contributed by atoms with E-state index in [1.54, 1.807) is 0 Å². The van der Waals surface area contributed by atoms with Crippen molar-refractivity contribution in [3.05, 3.63) is 0 Å². The van der Waals surface area contributed by atoms with Crippen molar-refractivity contribution in [2.75, 3.05) is 6.54 Å². The number of halogens is 1. The van der Waals surface area contributed by atoms with Crippen LogP contribution < -0.4 is 11.1 Å². The monoisotopic (exact) mass is 175 g/mol. The van der Waals surface area contributed by atoms with Crippen molar-refractivity contribution in [3.8, 4) is 0 Å². The second-order valence-corrected chi connectivity index (χ2v) is 3.17. The summed E-state index contributed by atoms with van der Waals surface area (Å²) in [4.78, 5) is 4.16. The lowest BCUT2D eigenvalue weighted by molar-refractivity contribution is 0.437. The van der Waals surface area contributed by atoms with Crippen molar-refractivity contribution in [1.29, 1.82) is 0 Å². The average molecular weight is 176 g/mol. The molecule has 0 amide bonds. The number of guanidine groups is 1. The Morgan fingerprint density at radius 2 is 2.27 bits per heavy atom. The number of hydrogen-bond acceptors (Lipinski definition) is 3. The second kappa shape index (κ2) is 3.30. The van der Waals surface area contributed by atoms with Crippen LogP contribution in [0.1, 0.15) is 19.3 Å². The highest BCUT2D eigenvalue weighted by atomic mass is 35.5. The van der Waals surface area contributed by atoms with Crippen molar-refractivity contribution < 1.29 is 0 Å². The first-order chi connectivity index (χ1) is 4.86. The lowest BCUT2D eigenvalue weighted by Gasteiger charge is -2.24. The molecule has 1 aliphatic carbocycles. The summed E-state index contributed by atoms with van der Waals surface area (Å²) in [6.45, 7) is 0.948. The van der Waals surface area contributed by atoms with Crippen molar-refractivity contribution in [2.24, 2.45) is 16.6 Å². The van der Waals surface area contributed by atoms with Crippen LogP contribution in [0.3, 0.4) is 0 Å². The van der Waals surface area contributed by atoms with Gasteiger partial charge in [0, 0.05) is 12.6 Å². The molecule has 0 bridgehead atoms. The van der Waals surface area contributed by atoms with Crippen LogP contribution in [0.2, 0.25) is 0 Å². The molecular formula is C7H14ClN3. The van der Waals surface area contributed by atoms with E-state index in [0.717, 1.165) is 12.5 Å². The molecule has 0 saturated heterocycles. The molecule has 2 unspecified atom stereocenters. The maximum Gasteiger partial charge on any atom is 0.188 e. The van der Waals surface area contributed by atoms with Gasteiger partial charge in [-0.25, -0.2) is 0 Å². The van der Waals surface area contributed by atoms with E-state index in [2.05, 4.69) is 10.3 Å². The van der Waals surface area contributed by atoms with Crippen LogP contribution in [-0.4, -0.2) is 18.5 Å². The summed E-state index contributed by atoms with van der Waals surface area (Å²) in [6, 6.07) is 0.637. The summed E-state index contributed by atoms with van der Waals surface area (Å²) in [7, 11) is 0. The van der Waals surface area contributed by atoms with E-state index in [1.165, 1.54) is 19.3 Å². The molecule has 3 N–H and O–H groups in total. The number of aliphatic imine (C=N–C) groups is 1. The van der Waals surface area contributed by atoms with Gasteiger partial charge in [-0.3, -0.25) is 4.99 Å². The van der Waals surface area contributed by atoms with Gasteiger partial charge in [0.1, 0.15) is 0 Å². The molecule has 0 aromatic heterocycles. The molecule has 1 heterocycles. The lowest BCUT2D eigenvalue weighted by Crippen LogP contribution is -2.46. The molecule has 1 aliphatic heterocycles. The molecule has 0 radical (unpaired) electrons. The molecule has 0 aromatic rings. The van der Waals surface area contributed by atoms with E-state index in [0.29, 0.717) is 12.0 Å². The Morgan fingerprint density at radius 3 is 3.09 bits per heavy atom. The summed E-state index contributed by atoms with van der Waals surface area (Å²) < 4.78 is 0. The Kier molecular flexibility index (Phi) is 2.60. The SMILES string of the molecule is Cl.NC1=NCC2CCCC2N1. The van der Waals surface area contributed by atoms with E-state index in [1.807, 2.05) is 0 Å². The predicted molar refractivity (Wildman–Crippen MR) is 48.0 cm³/mol. The smallest absolute Gasteiger partial charge is 0.188 e. The molecule has 1 saturated carbocycles. The third-order valence-corrected chi connectivity index (χ3v) is 2.49. The molecule has 1 fully saturated rings. The van der Waals surface area contributed by atoms with Crippen LogP contribution in [0, 0.1) is 5.92 Å². The van der Waals surface area contributed by atoms with Crippen LogP contribution in [0.15, 0.2) is 4.99 Å². The zero-order valence-electron chi connectivity index (χ0n) is 6.42. The molecule has 3 nitrogen and oxygen atoms in total. The summed E-state index contributed by atoms with van der Waals surface area (Å²) in [5.41, 5.74) is 5.53. The Morgan fingerprint density at radius 1 is 1.45 bits per heavy atom. The summed E-state index contributed by atoms with van der Waals surface area (Å²) in [5, 5.41) is 3.21. The quantitative estimate of drug-likeness (QED) is 0.563. The van der Waals surface area contributed by atoms with Gasteiger partial charge in [0.15, 0.2) is 5.96 Å². The van der Waals surface area contributed by atoms with Gasteiger partial charge in [-0.1, -0.05) is 6.42 Å². The highest BCUT2D eigenvalue weighted by Crippen LogP contribution is 2.27. The van der Waals surface area contributed by atoms with Crippen molar-refractivity contribution in [3.63, 3.8) is 0 Å². The maximum absolute atomic E-state index is 5.53. The molecule has 64 valence electrons. The zero-order chi connectivity index (χ0) is 6.97. The number of nitrogens with one attached hydrogen (secondary N) is 1. The van der Waals surface area contributed by atoms with Crippen molar-refractivity contribution >= 4 is 18.4 Å². The number of fused-ring (bicyclic) bond motifs is 1. The lowest BCUT2D eigenvalue weighted by atomic mass is 10.0. The Labute approximate surface area is 72.9 Å². The van der Waals surface area contributed by atoms with Crippen LogP contribution in [0.5, 0.6) is 0 Å². The van der Waals surface area contributed by atoms with Gasteiger partial charge in [-0.05, 0) is 18.8 Å².